The van der Waals surface area contributed by atoms with Gasteiger partial charge >= 0.3 is 0 Å². The lowest BCUT2D eigenvalue weighted by Gasteiger charge is -2.14. The van der Waals surface area contributed by atoms with Crippen LogP contribution in [-0.4, -0.2) is 15.2 Å². The number of hydrogen-bond acceptors (Lipinski definition) is 5. The van der Waals surface area contributed by atoms with Gasteiger partial charge in [0, 0.05) is 6.07 Å². The lowest BCUT2D eigenvalue weighted by atomic mass is 10.1. The van der Waals surface area contributed by atoms with Gasteiger partial charge in [-0.1, -0.05) is 53.8 Å². The van der Waals surface area contributed by atoms with Crippen LogP contribution in [-0.2, 0) is 4.79 Å². The van der Waals surface area contributed by atoms with Crippen molar-refractivity contribution in [2.75, 3.05) is 4.90 Å². The van der Waals surface area contributed by atoms with Crippen LogP contribution in [0.15, 0.2) is 47.4 Å². The average Bonchev–Trinajstić information content (AvgIpc) is 2.83. The molecular formula is C17H11ClN2O3S2. The molecule has 3 rings (SSSR count). The predicted molar refractivity (Wildman–Crippen MR) is 105 cm³/mol. The third-order valence-electron chi connectivity index (χ3n) is 3.52. The molecule has 0 aliphatic carbocycles. The topological polar surface area (TPSA) is 63.5 Å². The lowest BCUT2D eigenvalue weighted by Crippen LogP contribution is -2.27. The fourth-order valence-corrected chi connectivity index (χ4v) is 3.85. The summed E-state index contributed by atoms with van der Waals surface area (Å²) in [4.78, 5) is 25.0. The standard InChI is InChI=1S/C17H11ClN2O3S2/c1-10-3-2-4-12(7-10)19-16(21)15(25-17(19)24)9-11-5-6-13(18)14(8-11)20(22)23/h2-9H,1H3/b15-9-. The SMILES string of the molecule is Cc1cccc(N2C(=O)/C(=C/c3ccc(Cl)c([N+](=O)[O-])c3)SC2=S)c1. The first-order valence-electron chi connectivity index (χ1n) is 7.15. The van der Waals surface area contributed by atoms with Crippen molar-refractivity contribution < 1.29 is 9.72 Å². The highest BCUT2D eigenvalue weighted by molar-refractivity contribution is 8.27. The van der Waals surface area contributed by atoms with E-state index in [1.54, 1.807) is 12.1 Å². The molecule has 0 saturated carbocycles. The van der Waals surface area contributed by atoms with Crippen LogP contribution in [0.4, 0.5) is 11.4 Å². The van der Waals surface area contributed by atoms with Crippen molar-refractivity contribution >= 4 is 63.3 Å². The zero-order chi connectivity index (χ0) is 18.1. The number of anilines is 1. The molecule has 0 bridgehead atoms. The van der Waals surface area contributed by atoms with Crippen LogP contribution in [0.1, 0.15) is 11.1 Å². The molecule has 1 aliphatic rings. The van der Waals surface area contributed by atoms with Gasteiger partial charge in [0.25, 0.3) is 11.6 Å². The second-order valence-electron chi connectivity index (χ2n) is 5.32. The molecule has 1 amide bonds. The smallest absolute Gasteiger partial charge is 0.268 e. The summed E-state index contributed by atoms with van der Waals surface area (Å²) in [7, 11) is 0. The van der Waals surface area contributed by atoms with E-state index in [1.807, 2.05) is 31.2 Å². The number of nitro groups is 1. The summed E-state index contributed by atoms with van der Waals surface area (Å²) >= 11 is 12.3. The highest BCUT2D eigenvalue weighted by Crippen LogP contribution is 2.37. The molecule has 5 nitrogen and oxygen atoms in total. The predicted octanol–water partition coefficient (Wildman–Crippen LogP) is 4.96. The molecule has 25 heavy (non-hydrogen) atoms. The number of thioether (sulfide) groups is 1. The normalized spacial score (nSPS) is 15.9. The Balaban J connectivity index is 1.96. The minimum absolute atomic E-state index is 0.0504. The van der Waals surface area contributed by atoms with E-state index in [1.165, 1.54) is 17.0 Å². The first kappa shape index (κ1) is 17.6. The van der Waals surface area contributed by atoms with E-state index < -0.39 is 4.92 Å². The fourth-order valence-electron chi connectivity index (χ4n) is 2.37. The minimum atomic E-state index is -0.558. The number of carbonyl (C=O) groups is 1. The van der Waals surface area contributed by atoms with Gasteiger partial charge in [-0.25, -0.2) is 0 Å². The van der Waals surface area contributed by atoms with Crippen molar-refractivity contribution in [3.05, 3.63) is 73.6 Å². The number of hydrogen-bond donors (Lipinski definition) is 0. The molecule has 0 aromatic heterocycles. The van der Waals surface area contributed by atoms with Gasteiger partial charge in [-0.2, -0.15) is 0 Å². The highest BCUT2D eigenvalue weighted by Gasteiger charge is 2.33. The van der Waals surface area contributed by atoms with E-state index in [2.05, 4.69) is 0 Å². The number of halogens is 1. The summed E-state index contributed by atoms with van der Waals surface area (Å²) in [5.74, 6) is -0.252. The minimum Gasteiger partial charge on any atom is -0.268 e. The van der Waals surface area contributed by atoms with Gasteiger partial charge < -0.3 is 0 Å². The number of carbonyl (C=O) groups excluding carboxylic acids is 1. The Labute approximate surface area is 158 Å². The van der Waals surface area contributed by atoms with Crippen molar-refractivity contribution in [1.29, 1.82) is 0 Å². The molecule has 2 aromatic rings. The molecule has 0 atom stereocenters. The molecule has 126 valence electrons. The first-order valence-corrected chi connectivity index (χ1v) is 8.75. The van der Waals surface area contributed by atoms with Crippen molar-refractivity contribution in [2.45, 2.75) is 6.92 Å². The quantitative estimate of drug-likeness (QED) is 0.320. The van der Waals surface area contributed by atoms with Gasteiger partial charge in [-0.05, 0) is 42.3 Å². The van der Waals surface area contributed by atoms with Crippen LogP contribution >= 0.6 is 35.6 Å². The molecule has 0 radical (unpaired) electrons. The third kappa shape index (κ3) is 3.58. The van der Waals surface area contributed by atoms with Crippen LogP contribution in [0.5, 0.6) is 0 Å². The first-order chi connectivity index (χ1) is 11.9. The number of benzene rings is 2. The molecular weight excluding hydrogens is 380 g/mol. The Morgan fingerprint density at radius 1 is 1.28 bits per heavy atom. The maximum Gasteiger partial charge on any atom is 0.288 e. The van der Waals surface area contributed by atoms with E-state index in [9.17, 15) is 14.9 Å². The number of nitro benzene ring substituents is 1. The van der Waals surface area contributed by atoms with E-state index in [0.29, 0.717) is 20.5 Å². The Bertz CT molecular complexity index is 943. The van der Waals surface area contributed by atoms with Gasteiger partial charge in [0.2, 0.25) is 0 Å². The molecule has 8 heteroatoms. The van der Waals surface area contributed by atoms with Gasteiger partial charge in [0.15, 0.2) is 4.32 Å². The Morgan fingerprint density at radius 2 is 2.04 bits per heavy atom. The van der Waals surface area contributed by atoms with Crippen molar-refractivity contribution in [3.63, 3.8) is 0 Å². The molecule has 0 spiro atoms. The zero-order valence-corrected chi connectivity index (χ0v) is 15.3. The summed E-state index contributed by atoms with van der Waals surface area (Å²) < 4.78 is 0.422. The van der Waals surface area contributed by atoms with Crippen LogP contribution in [0.3, 0.4) is 0 Å². The van der Waals surface area contributed by atoms with Gasteiger partial charge in [-0.15, -0.1) is 0 Å². The zero-order valence-electron chi connectivity index (χ0n) is 12.9. The second-order valence-corrected chi connectivity index (χ2v) is 7.41. The molecule has 0 N–H and O–H groups in total. The molecule has 2 aromatic carbocycles. The Morgan fingerprint density at radius 3 is 2.72 bits per heavy atom. The highest BCUT2D eigenvalue weighted by atomic mass is 35.5. The van der Waals surface area contributed by atoms with E-state index in [4.69, 9.17) is 23.8 Å². The van der Waals surface area contributed by atoms with Crippen molar-refractivity contribution in [3.8, 4) is 0 Å². The monoisotopic (exact) mass is 390 g/mol. The van der Waals surface area contributed by atoms with Gasteiger partial charge in [0.05, 0.1) is 15.5 Å². The Kier molecular flexibility index (Phi) is 4.89. The summed E-state index contributed by atoms with van der Waals surface area (Å²) in [6.07, 6.45) is 1.58. The lowest BCUT2D eigenvalue weighted by molar-refractivity contribution is -0.384. The van der Waals surface area contributed by atoms with Crippen LogP contribution in [0, 0.1) is 17.0 Å². The summed E-state index contributed by atoms with van der Waals surface area (Å²) in [5.41, 5.74) is 2.03. The Hall–Kier alpha value is -2.22. The molecule has 1 heterocycles. The van der Waals surface area contributed by atoms with E-state index in [-0.39, 0.29) is 16.6 Å². The summed E-state index contributed by atoms with van der Waals surface area (Å²) in [5, 5.41) is 11.0. The summed E-state index contributed by atoms with van der Waals surface area (Å²) in [6, 6.07) is 11.9. The van der Waals surface area contributed by atoms with Crippen molar-refractivity contribution in [2.24, 2.45) is 0 Å². The van der Waals surface area contributed by atoms with E-state index >= 15 is 0 Å². The molecule has 1 saturated heterocycles. The fraction of sp³-hybridized carbons (Fsp3) is 0.0588. The van der Waals surface area contributed by atoms with Crippen LogP contribution in [0.25, 0.3) is 6.08 Å². The number of thiocarbonyl (C=S) groups is 1. The third-order valence-corrected chi connectivity index (χ3v) is 5.14. The number of rotatable bonds is 3. The maximum atomic E-state index is 12.7. The average molecular weight is 391 g/mol. The largest absolute Gasteiger partial charge is 0.288 e. The van der Waals surface area contributed by atoms with Crippen LogP contribution < -0.4 is 4.90 Å². The number of amides is 1. The van der Waals surface area contributed by atoms with Gasteiger partial charge in [0.1, 0.15) is 5.02 Å². The summed E-state index contributed by atoms with van der Waals surface area (Å²) in [6.45, 7) is 1.93. The van der Waals surface area contributed by atoms with Gasteiger partial charge in [-0.3, -0.25) is 19.8 Å². The number of aryl methyl sites for hydroxylation is 1. The van der Waals surface area contributed by atoms with Crippen LogP contribution in [0.2, 0.25) is 5.02 Å². The van der Waals surface area contributed by atoms with Crippen molar-refractivity contribution in [1.82, 2.24) is 0 Å². The molecule has 1 fully saturated rings. The second kappa shape index (κ2) is 6.95. The molecule has 0 unspecified atom stereocenters. The number of nitrogens with zero attached hydrogens (tertiary/aromatic N) is 2. The maximum absolute atomic E-state index is 12.7. The molecule has 1 aliphatic heterocycles. The van der Waals surface area contributed by atoms with E-state index in [0.717, 1.165) is 17.3 Å².